The van der Waals surface area contributed by atoms with Crippen molar-refractivity contribution in [1.29, 1.82) is 0 Å². The van der Waals surface area contributed by atoms with Gasteiger partial charge in [-0.05, 0) is 44.6 Å². The predicted molar refractivity (Wildman–Crippen MR) is 108 cm³/mol. The van der Waals surface area contributed by atoms with Crippen LogP contribution < -0.4 is 16.2 Å². The Bertz CT molecular complexity index is 921. The first-order valence-corrected chi connectivity index (χ1v) is 10.9. The number of likely N-dealkylation sites (N-methyl/N-ethyl adjacent to an activating group) is 1. The van der Waals surface area contributed by atoms with Crippen molar-refractivity contribution in [2.75, 3.05) is 12.3 Å². The number of aryl methyl sites for hydroxylation is 1. The predicted octanol–water partition coefficient (Wildman–Crippen LogP) is 1.84. The quantitative estimate of drug-likeness (QED) is 0.500. The number of amides is 2. The van der Waals surface area contributed by atoms with Gasteiger partial charge in [0.05, 0.1) is 11.1 Å². The van der Waals surface area contributed by atoms with Gasteiger partial charge >= 0.3 is 0 Å². The topological polar surface area (TPSA) is 104 Å². The lowest BCUT2D eigenvalue weighted by Crippen LogP contribution is -2.45. The number of carbonyl (C=O) groups excluding carboxylic acids is 2. The second-order valence-corrected chi connectivity index (χ2v) is 8.92. The number of rotatable bonds is 6. The number of carbonyl (C=O) groups is 2. The summed E-state index contributed by atoms with van der Waals surface area (Å²) in [5.41, 5.74) is 1.01. The average molecular weight is 409 g/mol. The molecule has 146 valence electrons. The fraction of sp³-hybridized carbons (Fsp3) is 0.556. The number of nitrogens with zero attached hydrogens (tertiary/aromatic N) is 1. The highest BCUT2D eigenvalue weighted by atomic mass is 32.2. The average Bonchev–Trinajstić information content (AvgIpc) is 2.97. The first kappa shape index (κ1) is 19.9. The van der Waals surface area contributed by atoms with Crippen LogP contribution in [0.4, 0.5) is 0 Å². The molecule has 0 fully saturated rings. The molecular formula is C18H24N4O3S2. The summed E-state index contributed by atoms with van der Waals surface area (Å²) in [5, 5.41) is 6.44. The van der Waals surface area contributed by atoms with Crippen LogP contribution in [0.5, 0.6) is 0 Å². The van der Waals surface area contributed by atoms with Crippen molar-refractivity contribution >= 4 is 45.1 Å². The van der Waals surface area contributed by atoms with Crippen LogP contribution in [0, 0.1) is 5.92 Å². The summed E-state index contributed by atoms with van der Waals surface area (Å²) in [5.74, 6) is 0.220. The van der Waals surface area contributed by atoms with Gasteiger partial charge in [0.25, 0.3) is 5.56 Å². The van der Waals surface area contributed by atoms with Crippen LogP contribution in [0.15, 0.2) is 9.95 Å². The minimum Gasteiger partial charge on any atom is -0.355 e. The molecule has 2 amide bonds. The van der Waals surface area contributed by atoms with Crippen molar-refractivity contribution in [2.45, 2.75) is 51.2 Å². The van der Waals surface area contributed by atoms with Gasteiger partial charge in [0, 0.05) is 11.4 Å². The molecule has 1 aliphatic rings. The van der Waals surface area contributed by atoms with Crippen LogP contribution >= 0.6 is 23.1 Å². The lowest BCUT2D eigenvalue weighted by molar-refractivity contribution is -0.127. The van der Waals surface area contributed by atoms with Gasteiger partial charge in [0.1, 0.15) is 10.9 Å². The maximum absolute atomic E-state index is 12.5. The zero-order valence-electron chi connectivity index (χ0n) is 15.7. The fourth-order valence-corrected chi connectivity index (χ4v) is 5.32. The molecule has 7 nitrogen and oxygen atoms in total. The van der Waals surface area contributed by atoms with Gasteiger partial charge in [-0.3, -0.25) is 14.4 Å². The number of H-pyrrole nitrogens is 1. The van der Waals surface area contributed by atoms with E-state index in [0.29, 0.717) is 23.0 Å². The van der Waals surface area contributed by atoms with Crippen LogP contribution in [0.1, 0.15) is 37.6 Å². The van der Waals surface area contributed by atoms with Gasteiger partial charge in [-0.2, -0.15) is 0 Å². The van der Waals surface area contributed by atoms with E-state index in [1.807, 2.05) is 6.92 Å². The molecule has 9 heteroatoms. The first-order valence-electron chi connectivity index (χ1n) is 9.13. The number of aromatic amines is 1. The Morgan fingerprint density at radius 3 is 2.96 bits per heavy atom. The number of thiophene rings is 1. The van der Waals surface area contributed by atoms with E-state index >= 15 is 0 Å². The Labute approximate surface area is 165 Å². The molecule has 0 aromatic carbocycles. The van der Waals surface area contributed by atoms with Crippen LogP contribution in [-0.2, 0) is 22.4 Å². The van der Waals surface area contributed by atoms with E-state index in [4.69, 9.17) is 0 Å². The number of aromatic nitrogens is 2. The number of fused-ring (bicyclic) bond motifs is 3. The molecule has 2 aromatic rings. The summed E-state index contributed by atoms with van der Waals surface area (Å²) in [6.45, 7) is 6.20. The molecule has 0 radical (unpaired) electrons. The molecule has 0 unspecified atom stereocenters. The molecule has 2 atom stereocenters. The second kappa shape index (κ2) is 8.43. The highest BCUT2D eigenvalue weighted by molar-refractivity contribution is 7.99. The van der Waals surface area contributed by atoms with Crippen LogP contribution in [0.2, 0.25) is 0 Å². The maximum Gasteiger partial charge on any atom is 0.260 e. The number of hydrogen-bond donors (Lipinski definition) is 3. The van der Waals surface area contributed by atoms with Gasteiger partial charge in [0.2, 0.25) is 11.8 Å². The minimum atomic E-state index is -0.599. The zero-order chi connectivity index (χ0) is 19.6. The Morgan fingerprint density at radius 1 is 1.44 bits per heavy atom. The Kier molecular flexibility index (Phi) is 6.21. The molecule has 0 aliphatic heterocycles. The zero-order valence-corrected chi connectivity index (χ0v) is 17.3. The monoisotopic (exact) mass is 408 g/mol. The van der Waals surface area contributed by atoms with Gasteiger partial charge in [-0.1, -0.05) is 18.7 Å². The summed E-state index contributed by atoms with van der Waals surface area (Å²) in [4.78, 5) is 45.6. The maximum atomic E-state index is 12.5. The highest BCUT2D eigenvalue weighted by Gasteiger charge is 2.23. The molecule has 1 aliphatic carbocycles. The molecule has 0 saturated heterocycles. The summed E-state index contributed by atoms with van der Waals surface area (Å²) >= 11 is 2.76. The summed E-state index contributed by atoms with van der Waals surface area (Å²) < 4.78 is 0. The van der Waals surface area contributed by atoms with E-state index in [0.717, 1.165) is 29.7 Å². The van der Waals surface area contributed by atoms with Crippen LogP contribution in [0.25, 0.3) is 10.2 Å². The first-order chi connectivity index (χ1) is 12.9. The van der Waals surface area contributed by atoms with Crippen LogP contribution in [0.3, 0.4) is 0 Å². The standard InChI is InChI=1S/C18H24N4O3S2/c1-4-19-15(24)10(3)20-13(23)8-26-18-21-16(25)14-11-6-5-9(2)7-12(11)27-17(14)22-18/h9-10H,4-8H2,1-3H3,(H,19,24)(H,20,23)(H,21,22,25)/t9-,10+/m0/s1. The lowest BCUT2D eigenvalue weighted by atomic mass is 9.89. The molecule has 2 aromatic heterocycles. The summed E-state index contributed by atoms with van der Waals surface area (Å²) in [6, 6.07) is -0.599. The van der Waals surface area contributed by atoms with Crippen molar-refractivity contribution in [3.05, 3.63) is 20.8 Å². The highest BCUT2D eigenvalue weighted by Crippen LogP contribution is 2.36. The summed E-state index contributed by atoms with van der Waals surface area (Å²) in [6.07, 6.45) is 3.02. The van der Waals surface area contributed by atoms with E-state index < -0.39 is 6.04 Å². The van der Waals surface area contributed by atoms with Crippen molar-refractivity contribution in [3.8, 4) is 0 Å². The Hall–Kier alpha value is -1.87. The molecule has 0 saturated carbocycles. The third kappa shape index (κ3) is 4.52. The molecule has 0 spiro atoms. The largest absolute Gasteiger partial charge is 0.355 e. The SMILES string of the molecule is CCNC(=O)[C@@H](C)NC(=O)CSc1nc2sc3c(c2c(=O)[nH]1)CC[C@H](C)C3. The Morgan fingerprint density at radius 2 is 2.22 bits per heavy atom. The molecule has 27 heavy (non-hydrogen) atoms. The van der Waals surface area contributed by atoms with Gasteiger partial charge in [-0.15, -0.1) is 11.3 Å². The van der Waals surface area contributed by atoms with Crippen molar-refractivity contribution in [1.82, 2.24) is 20.6 Å². The number of nitrogens with one attached hydrogen (secondary N) is 3. The van der Waals surface area contributed by atoms with Gasteiger partial charge < -0.3 is 15.6 Å². The van der Waals surface area contributed by atoms with E-state index in [2.05, 4.69) is 27.5 Å². The third-order valence-electron chi connectivity index (χ3n) is 4.61. The minimum absolute atomic E-state index is 0.0836. The van der Waals surface area contributed by atoms with E-state index in [1.165, 1.54) is 16.6 Å². The molecule has 3 N–H and O–H groups in total. The number of thioether (sulfide) groups is 1. The molecule has 0 bridgehead atoms. The van der Waals surface area contributed by atoms with Crippen LogP contribution in [-0.4, -0.2) is 40.1 Å². The molecule has 3 rings (SSSR count). The van der Waals surface area contributed by atoms with E-state index in [9.17, 15) is 14.4 Å². The molecular weight excluding hydrogens is 384 g/mol. The van der Waals surface area contributed by atoms with Crippen molar-refractivity contribution < 1.29 is 9.59 Å². The third-order valence-corrected chi connectivity index (χ3v) is 6.63. The smallest absolute Gasteiger partial charge is 0.260 e. The van der Waals surface area contributed by atoms with Gasteiger partial charge in [0.15, 0.2) is 5.16 Å². The normalized spacial score (nSPS) is 17.4. The lowest BCUT2D eigenvalue weighted by Gasteiger charge is -2.17. The van der Waals surface area contributed by atoms with Crippen molar-refractivity contribution in [3.63, 3.8) is 0 Å². The van der Waals surface area contributed by atoms with Gasteiger partial charge in [-0.25, -0.2) is 4.98 Å². The van der Waals surface area contributed by atoms with Crippen molar-refractivity contribution in [2.24, 2.45) is 5.92 Å². The number of hydrogen-bond acceptors (Lipinski definition) is 6. The fourth-order valence-electron chi connectivity index (χ4n) is 3.21. The van der Waals surface area contributed by atoms with E-state index in [-0.39, 0.29) is 23.1 Å². The Balaban J connectivity index is 1.68. The summed E-state index contributed by atoms with van der Waals surface area (Å²) in [7, 11) is 0. The molecule has 2 heterocycles. The second-order valence-electron chi connectivity index (χ2n) is 6.88. The van der Waals surface area contributed by atoms with E-state index in [1.54, 1.807) is 18.3 Å².